The van der Waals surface area contributed by atoms with E-state index in [0.717, 1.165) is 15.9 Å². The summed E-state index contributed by atoms with van der Waals surface area (Å²) >= 11 is 15.5. The first-order valence-electron chi connectivity index (χ1n) is 4.74. The van der Waals surface area contributed by atoms with Crippen LogP contribution in [-0.2, 0) is 7.05 Å². The topological polar surface area (TPSA) is 27.1 Å². The van der Waals surface area contributed by atoms with Crippen LogP contribution in [0.2, 0.25) is 10.0 Å². The number of nitrogens with zero attached hydrogens (tertiary/aromatic N) is 2. The maximum absolute atomic E-state index is 6.10. The molecule has 0 aliphatic heterocycles. The van der Waals surface area contributed by atoms with E-state index in [1.165, 1.54) is 0 Å². The Morgan fingerprint density at radius 2 is 2.06 bits per heavy atom. The van der Waals surface area contributed by atoms with Crippen molar-refractivity contribution in [1.82, 2.24) is 9.55 Å². The number of imidazole rings is 1. The number of aryl methyl sites for hydroxylation is 1. The fraction of sp³-hybridized carbons (Fsp3) is 0.182. The molecule has 0 aliphatic carbocycles. The van der Waals surface area contributed by atoms with Gasteiger partial charge in [-0.15, -0.1) is 0 Å². The highest BCUT2D eigenvalue weighted by molar-refractivity contribution is 9.10. The first-order valence-corrected chi connectivity index (χ1v) is 6.29. The Hall–Kier alpha value is -0.710. The van der Waals surface area contributed by atoms with Crippen molar-refractivity contribution in [2.24, 2.45) is 7.05 Å². The van der Waals surface area contributed by atoms with Crippen LogP contribution >= 0.6 is 39.1 Å². The smallest absolute Gasteiger partial charge is 0.146 e. The van der Waals surface area contributed by atoms with Crippen LogP contribution < -0.4 is 4.74 Å². The minimum Gasteiger partial charge on any atom is -0.494 e. The molecule has 3 nitrogen and oxygen atoms in total. The highest BCUT2D eigenvalue weighted by Gasteiger charge is 2.17. The van der Waals surface area contributed by atoms with Crippen molar-refractivity contribution in [3.05, 3.63) is 33.1 Å². The minimum absolute atomic E-state index is 0.475. The van der Waals surface area contributed by atoms with Gasteiger partial charge in [-0.25, -0.2) is 4.98 Å². The van der Waals surface area contributed by atoms with E-state index >= 15 is 0 Å². The van der Waals surface area contributed by atoms with E-state index in [0.29, 0.717) is 15.8 Å². The maximum atomic E-state index is 6.10. The molecule has 0 N–H and O–H groups in total. The number of halogens is 3. The Morgan fingerprint density at radius 3 is 2.59 bits per heavy atom. The molecule has 0 atom stereocenters. The van der Waals surface area contributed by atoms with Gasteiger partial charge in [-0.2, -0.15) is 0 Å². The molecule has 0 bridgehead atoms. The van der Waals surface area contributed by atoms with E-state index in [9.17, 15) is 0 Å². The Labute approximate surface area is 117 Å². The number of aromatic nitrogens is 2. The summed E-state index contributed by atoms with van der Waals surface area (Å²) in [4.78, 5) is 4.17. The van der Waals surface area contributed by atoms with Crippen LogP contribution in [0.5, 0.6) is 5.75 Å². The molecule has 0 amide bonds. The first kappa shape index (κ1) is 12.7. The molecule has 1 aromatic heterocycles. The number of methoxy groups -OCH3 is 1. The molecule has 0 aliphatic rings. The number of benzene rings is 1. The van der Waals surface area contributed by atoms with E-state index in [2.05, 4.69) is 20.9 Å². The van der Waals surface area contributed by atoms with Crippen LogP contribution in [0.15, 0.2) is 23.1 Å². The minimum atomic E-state index is 0.475. The summed E-state index contributed by atoms with van der Waals surface area (Å²) in [6.07, 6.45) is 1.70. The second-order valence-electron chi connectivity index (χ2n) is 3.46. The van der Waals surface area contributed by atoms with Crippen molar-refractivity contribution in [3.63, 3.8) is 0 Å². The Balaban J connectivity index is 2.74. The third kappa shape index (κ3) is 2.30. The predicted molar refractivity (Wildman–Crippen MR) is 72.9 cm³/mol. The second kappa shape index (κ2) is 4.88. The number of hydrogen-bond donors (Lipinski definition) is 0. The van der Waals surface area contributed by atoms with E-state index in [4.69, 9.17) is 27.9 Å². The molecule has 2 aromatic rings. The van der Waals surface area contributed by atoms with E-state index in [-0.39, 0.29) is 0 Å². The number of rotatable bonds is 2. The van der Waals surface area contributed by atoms with Gasteiger partial charge >= 0.3 is 0 Å². The van der Waals surface area contributed by atoms with Gasteiger partial charge in [0.25, 0.3) is 0 Å². The van der Waals surface area contributed by atoms with Gasteiger partial charge < -0.3 is 9.30 Å². The SMILES string of the molecule is COc1c(Cl)cc(Cl)cc1-c1c(Br)ncn1C. The molecule has 6 heteroatoms. The molecule has 0 unspecified atom stereocenters. The summed E-state index contributed by atoms with van der Waals surface area (Å²) in [5, 5.41) is 1.03. The Kier molecular flexibility index (Phi) is 3.66. The molecule has 90 valence electrons. The van der Waals surface area contributed by atoms with E-state index < -0.39 is 0 Å². The lowest BCUT2D eigenvalue weighted by Crippen LogP contribution is -1.95. The molecule has 1 heterocycles. The number of hydrogen-bond acceptors (Lipinski definition) is 2. The lowest BCUT2D eigenvalue weighted by molar-refractivity contribution is 0.416. The normalized spacial score (nSPS) is 10.6. The summed E-state index contributed by atoms with van der Waals surface area (Å²) < 4.78 is 7.90. The third-order valence-corrected chi connectivity index (χ3v) is 3.44. The van der Waals surface area contributed by atoms with Crippen LogP contribution in [0.4, 0.5) is 0 Å². The molecule has 0 fully saturated rings. The highest BCUT2D eigenvalue weighted by Crippen LogP contribution is 2.40. The first-order chi connectivity index (χ1) is 8.04. The van der Waals surface area contributed by atoms with Crippen LogP contribution in [0, 0.1) is 0 Å². The fourth-order valence-electron chi connectivity index (χ4n) is 1.65. The monoisotopic (exact) mass is 334 g/mol. The van der Waals surface area contributed by atoms with Gasteiger partial charge in [-0.05, 0) is 28.1 Å². The standard InChI is InChI=1S/C11H9BrCl2N2O/c1-16-5-15-11(12)9(16)7-3-6(13)4-8(14)10(7)17-2/h3-5H,1-2H3. The van der Waals surface area contributed by atoms with Gasteiger partial charge in [-0.3, -0.25) is 0 Å². The molecule has 2 rings (SSSR count). The predicted octanol–water partition coefficient (Wildman–Crippen LogP) is 4.17. The van der Waals surface area contributed by atoms with Gasteiger partial charge in [0, 0.05) is 17.6 Å². The van der Waals surface area contributed by atoms with E-state index in [1.54, 1.807) is 25.6 Å². The maximum Gasteiger partial charge on any atom is 0.146 e. The van der Waals surface area contributed by atoms with Crippen LogP contribution in [0.25, 0.3) is 11.3 Å². The Bertz CT molecular complexity index is 549. The summed E-state index contributed by atoms with van der Waals surface area (Å²) in [6.45, 7) is 0. The average molecular weight is 336 g/mol. The summed E-state index contributed by atoms with van der Waals surface area (Å²) in [5.41, 5.74) is 1.67. The zero-order valence-electron chi connectivity index (χ0n) is 9.17. The lowest BCUT2D eigenvalue weighted by atomic mass is 10.1. The Morgan fingerprint density at radius 1 is 1.35 bits per heavy atom. The summed E-state index contributed by atoms with van der Waals surface area (Å²) in [7, 11) is 3.46. The lowest BCUT2D eigenvalue weighted by Gasteiger charge is -2.12. The molecule has 1 aromatic carbocycles. The molecule has 0 saturated carbocycles. The van der Waals surface area contributed by atoms with E-state index in [1.807, 2.05) is 11.6 Å². The summed E-state index contributed by atoms with van der Waals surface area (Å²) in [6, 6.07) is 3.45. The van der Waals surface area contributed by atoms with Gasteiger partial charge in [-0.1, -0.05) is 23.2 Å². The molecule has 0 radical (unpaired) electrons. The van der Waals surface area contributed by atoms with Crippen molar-refractivity contribution in [1.29, 1.82) is 0 Å². The molecule has 0 saturated heterocycles. The third-order valence-electron chi connectivity index (χ3n) is 2.36. The van der Waals surface area contributed by atoms with Crippen molar-refractivity contribution in [3.8, 4) is 17.0 Å². The van der Waals surface area contributed by atoms with Crippen LogP contribution in [-0.4, -0.2) is 16.7 Å². The molecular formula is C11H9BrCl2N2O. The van der Waals surface area contributed by atoms with Crippen molar-refractivity contribution < 1.29 is 4.74 Å². The highest BCUT2D eigenvalue weighted by atomic mass is 79.9. The quantitative estimate of drug-likeness (QED) is 0.823. The average Bonchev–Trinajstić information content (AvgIpc) is 2.57. The molecule has 17 heavy (non-hydrogen) atoms. The summed E-state index contributed by atoms with van der Waals surface area (Å²) in [5.74, 6) is 0.584. The van der Waals surface area contributed by atoms with Gasteiger partial charge in [0.15, 0.2) is 0 Å². The van der Waals surface area contributed by atoms with Crippen molar-refractivity contribution >= 4 is 39.1 Å². The molecular weight excluding hydrogens is 327 g/mol. The van der Waals surface area contributed by atoms with Gasteiger partial charge in [0.05, 0.1) is 24.2 Å². The van der Waals surface area contributed by atoms with Crippen LogP contribution in [0.3, 0.4) is 0 Å². The largest absolute Gasteiger partial charge is 0.494 e. The van der Waals surface area contributed by atoms with Crippen molar-refractivity contribution in [2.75, 3.05) is 7.11 Å². The van der Waals surface area contributed by atoms with Crippen molar-refractivity contribution in [2.45, 2.75) is 0 Å². The van der Waals surface area contributed by atoms with Crippen LogP contribution in [0.1, 0.15) is 0 Å². The molecule has 0 spiro atoms. The fourth-order valence-corrected chi connectivity index (χ4v) is 2.80. The number of ether oxygens (including phenoxy) is 1. The van der Waals surface area contributed by atoms with Gasteiger partial charge in [0.2, 0.25) is 0 Å². The zero-order valence-corrected chi connectivity index (χ0v) is 12.3. The second-order valence-corrected chi connectivity index (χ2v) is 5.06. The zero-order chi connectivity index (χ0) is 12.6. The van der Waals surface area contributed by atoms with Gasteiger partial charge in [0.1, 0.15) is 10.4 Å².